The summed E-state index contributed by atoms with van der Waals surface area (Å²) in [6.45, 7) is 5.22. The zero-order chi connectivity index (χ0) is 15.5. The van der Waals surface area contributed by atoms with E-state index in [-0.39, 0.29) is 0 Å². The maximum Gasteiger partial charge on any atom is 0.170 e. The van der Waals surface area contributed by atoms with Crippen molar-refractivity contribution in [2.75, 3.05) is 19.0 Å². The lowest BCUT2D eigenvalue weighted by molar-refractivity contribution is 0.417. The molecule has 1 aromatic carbocycles. The standard InChI is InChI=1S/C17H28N2OS/c1-4-5-6-7-8-9-12-18-17(21)19-15-13-14(2)10-11-16(15)20-3/h10-11,13H,4-9,12H2,1-3H3,(H2,18,19,21). The molecule has 4 heteroatoms. The van der Waals surface area contributed by atoms with Crippen LogP contribution in [0.25, 0.3) is 0 Å². The predicted octanol–water partition coefficient (Wildman–Crippen LogP) is 4.65. The van der Waals surface area contributed by atoms with E-state index < -0.39 is 0 Å². The number of ether oxygens (including phenoxy) is 1. The molecule has 0 heterocycles. The lowest BCUT2D eigenvalue weighted by Crippen LogP contribution is -2.29. The van der Waals surface area contributed by atoms with Crippen LogP contribution in [0.3, 0.4) is 0 Å². The molecule has 0 radical (unpaired) electrons. The zero-order valence-electron chi connectivity index (χ0n) is 13.5. The van der Waals surface area contributed by atoms with Gasteiger partial charge in [0.1, 0.15) is 5.75 Å². The van der Waals surface area contributed by atoms with Gasteiger partial charge in [-0.3, -0.25) is 0 Å². The fourth-order valence-electron chi connectivity index (χ4n) is 2.19. The van der Waals surface area contributed by atoms with E-state index in [4.69, 9.17) is 17.0 Å². The summed E-state index contributed by atoms with van der Waals surface area (Å²) in [5.41, 5.74) is 2.09. The summed E-state index contributed by atoms with van der Waals surface area (Å²) in [4.78, 5) is 0. The molecule has 0 saturated heterocycles. The molecule has 0 fully saturated rings. The van der Waals surface area contributed by atoms with Gasteiger partial charge in [-0.1, -0.05) is 45.1 Å². The Morgan fingerprint density at radius 3 is 2.57 bits per heavy atom. The van der Waals surface area contributed by atoms with Crippen LogP contribution in [-0.4, -0.2) is 18.8 Å². The van der Waals surface area contributed by atoms with Crippen molar-refractivity contribution in [1.82, 2.24) is 5.32 Å². The van der Waals surface area contributed by atoms with Crippen LogP contribution in [0, 0.1) is 6.92 Å². The van der Waals surface area contributed by atoms with Crippen molar-refractivity contribution in [3.63, 3.8) is 0 Å². The van der Waals surface area contributed by atoms with E-state index in [1.165, 1.54) is 37.7 Å². The molecule has 3 nitrogen and oxygen atoms in total. The predicted molar refractivity (Wildman–Crippen MR) is 95.3 cm³/mol. The van der Waals surface area contributed by atoms with Crippen molar-refractivity contribution in [3.8, 4) is 5.75 Å². The van der Waals surface area contributed by atoms with Gasteiger partial charge in [-0.25, -0.2) is 0 Å². The molecule has 21 heavy (non-hydrogen) atoms. The minimum atomic E-state index is 0.660. The molecule has 0 aromatic heterocycles. The van der Waals surface area contributed by atoms with Gasteiger partial charge < -0.3 is 15.4 Å². The topological polar surface area (TPSA) is 33.3 Å². The number of rotatable bonds is 9. The third-order valence-corrected chi connectivity index (χ3v) is 3.67. The Kier molecular flexibility index (Phi) is 8.83. The summed E-state index contributed by atoms with van der Waals surface area (Å²) in [5.74, 6) is 0.810. The smallest absolute Gasteiger partial charge is 0.170 e. The van der Waals surface area contributed by atoms with Crippen LogP contribution in [0.4, 0.5) is 5.69 Å². The molecule has 0 aliphatic rings. The number of aryl methyl sites for hydroxylation is 1. The number of anilines is 1. The maximum absolute atomic E-state index is 5.33. The third kappa shape index (κ3) is 7.32. The number of hydrogen-bond acceptors (Lipinski definition) is 2. The Morgan fingerprint density at radius 1 is 1.14 bits per heavy atom. The Morgan fingerprint density at radius 2 is 1.86 bits per heavy atom. The molecule has 118 valence electrons. The van der Waals surface area contributed by atoms with E-state index in [1.54, 1.807) is 7.11 Å². The monoisotopic (exact) mass is 308 g/mol. The van der Waals surface area contributed by atoms with Gasteiger partial charge in [0.25, 0.3) is 0 Å². The van der Waals surface area contributed by atoms with E-state index in [0.717, 1.165) is 24.4 Å². The van der Waals surface area contributed by atoms with Gasteiger partial charge in [0.15, 0.2) is 5.11 Å². The van der Waals surface area contributed by atoms with Crippen LogP contribution in [0.1, 0.15) is 51.0 Å². The van der Waals surface area contributed by atoms with Gasteiger partial charge >= 0.3 is 0 Å². The molecule has 0 aliphatic carbocycles. The minimum Gasteiger partial charge on any atom is -0.495 e. The lowest BCUT2D eigenvalue weighted by Gasteiger charge is -2.14. The van der Waals surface area contributed by atoms with Gasteiger partial charge in [-0.05, 0) is 43.3 Å². The second kappa shape index (κ2) is 10.4. The van der Waals surface area contributed by atoms with Crippen molar-refractivity contribution in [2.45, 2.75) is 52.4 Å². The number of unbranched alkanes of at least 4 members (excludes halogenated alkanes) is 5. The maximum atomic E-state index is 5.33. The zero-order valence-corrected chi connectivity index (χ0v) is 14.3. The van der Waals surface area contributed by atoms with Crippen molar-refractivity contribution in [1.29, 1.82) is 0 Å². The number of hydrogen-bond donors (Lipinski definition) is 2. The second-order valence-electron chi connectivity index (χ2n) is 5.35. The van der Waals surface area contributed by atoms with Gasteiger partial charge in [0.2, 0.25) is 0 Å². The fourth-order valence-corrected chi connectivity index (χ4v) is 2.41. The molecule has 0 atom stereocenters. The number of methoxy groups -OCH3 is 1. The first-order valence-corrected chi connectivity index (χ1v) is 8.27. The molecule has 2 N–H and O–H groups in total. The largest absolute Gasteiger partial charge is 0.495 e. The fraction of sp³-hybridized carbons (Fsp3) is 0.588. The quantitative estimate of drug-likeness (QED) is 0.514. The Balaban J connectivity index is 2.26. The highest BCUT2D eigenvalue weighted by molar-refractivity contribution is 7.80. The molecule has 0 saturated carbocycles. The van der Waals surface area contributed by atoms with E-state index in [9.17, 15) is 0 Å². The highest BCUT2D eigenvalue weighted by atomic mass is 32.1. The Bertz CT molecular complexity index is 435. The van der Waals surface area contributed by atoms with Crippen LogP contribution < -0.4 is 15.4 Å². The first kappa shape index (κ1) is 17.8. The summed E-state index contributed by atoms with van der Waals surface area (Å²) < 4.78 is 5.33. The van der Waals surface area contributed by atoms with Crippen LogP contribution in [0.2, 0.25) is 0 Å². The molecule has 1 aromatic rings. The summed E-state index contributed by atoms with van der Waals surface area (Å²) in [7, 11) is 1.67. The van der Waals surface area contributed by atoms with Crippen LogP contribution in [0.15, 0.2) is 18.2 Å². The van der Waals surface area contributed by atoms with E-state index in [0.29, 0.717) is 5.11 Å². The molecule has 0 aliphatic heterocycles. The molecule has 0 spiro atoms. The average Bonchev–Trinajstić information content (AvgIpc) is 2.46. The molecular formula is C17H28N2OS. The molecule has 1 rings (SSSR count). The van der Waals surface area contributed by atoms with E-state index >= 15 is 0 Å². The van der Waals surface area contributed by atoms with Gasteiger partial charge in [0.05, 0.1) is 12.8 Å². The highest BCUT2D eigenvalue weighted by Gasteiger charge is 2.04. The first-order valence-electron chi connectivity index (χ1n) is 7.87. The third-order valence-electron chi connectivity index (χ3n) is 3.42. The van der Waals surface area contributed by atoms with Gasteiger partial charge in [0, 0.05) is 6.54 Å². The van der Waals surface area contributed by atoms with Crippen LogP contribution in [0.5, 0.6) is 5.75 Å². The lowest BCUT2D eigenvalue weighted by atomic mass is 10.1. The molecule has 0 unspecified atom stereocenters. The number of thiocarbonyl (C=S) groups is 1. The Hall–Kier alpha value is -1.29. The number of benzene rings is 1. The summed E-state index contributed by atoms with van der Waals surface area (Å²) in [6, 6.07) is 6.02. The average molecular weight is 308 g/mol. The summed E-state index contributed by atoms with van der Waals surface area (Å²) >= 11 is 5.33. The number of nitrogens with one attached hydrogen (secondary N) is 2. The SMILES string of the molecule is CCCCCCCCNC(=S)Nc1cc(C)ccc1OC. The van der Waals surface area contributed by atoms with Crippen LogP contribution in [-0.2, 0) is 0 Å². The normalized spacial score (nSPS) is 10.2. The van der Waals surface area contributed by atoms with Gasteiger partial charge in [-0.2, -0.15) is 0 Å². The summed E-state index contributed by atoms with van der Waals surface area (Å²) in [5, 5.41) is 7.13. The molecule has 0 amide bonds. The van der Waals surface area contributed by atoms with Gasteiger partial charge in [-0.15, -0.1) is 0 Å². The van der Waals surface area contributed by atoms with Crippen LogP contribution >= 0.6 is 12.2 Å². The second-order valence-corrected chi connectivity index (χ2v) is 5.76. The van der Waals surface area contributed by atoms with Crippen molar-refractivity contribution < 1.29 is 4.74 Å². The Labute approximate surface area is 134 Å². The highest BCUT2D eigenvalue weighted by Crippen LogP contribution is 2.24. The van der Waals surface area contributed by atoms with E-state index in [1.807, 2.05) is 18.2 Å². The first-order chi connectivity index (χ1) is 10.2. The van der Waals surface area contributed by atoms with Crippen molar-refractivity contribution in [3.05, 3.63) is 23.8 Å². The van der Waals surface area contributed by atoms with Crippen molar-refractivity contribution in [2.24, 2.45) is 0 Å². The molecule has 0 bridgehead atoms. The summed E-state index contributed by atoms with van der Waals surface area (Å²) in [6.07, 6.45) is 7.74. The minimum absolute atomic E-state index is 0.660. The van der Waals surface area contributed by atoms with Crippen molar-refractivity contribution >= 4 is 23.0 Å². The van der Waals surface area contributed by atoms with E-state index in [2.05, 4.69) is 24.5 Å². The molecular weight excluding hydrogens is 280 g/mol.